The summed E-state index contributed by atoms with van der Waals surface area (Å²) in [6.07, 6.45) is 2.48. The smallest absolute Gasteiger partial charge is 0.161 e. The second-order valence-corrected chi connectivity index (χ2v) is 4.34. The van der Waals surface area contributed by atoms with Crippen LogP contribution in [0.4, 0.5) is 0 Å². The van der Waals surface area contributed by atoms with Crippen LogP contribution in [0.15, 0.2) is 42.6 Å². The third-order valence-electron chi connectivity index (χ3n) is 2.91. The summed E-state index contributed by atoms with van der Waals surface area (Å²) in [6, 6.07) is 11.0. The molecule has 1 aromatic heterocycles. The number of pyridine rings is 1. The number of Topliss-reactive ketones (excluding diaryl/α,β-unsaturated/α-hetero) is 1. The quantitative estimate of drug-likeness (QED) is 0.758. The molecule has 1 aromatic carbocycles. The van der Waals surface area contributed by atoms with Gasteiger partial charge < -0.3 is 9.47 Å². The Balaban J connectivity index is 2.00. The molecule has 0 N–H and O–H groups in total. The lowest BCUT2D eigenvalue weighted by atomic mass is 10.1. The summed E-state index contributed by atoms with van der Waals surface area (Å²) in [5.74, 6) is 1.20. The topological polar surface area (TPSA) is 48.4 Å². The Kier molecular flexibility index (Phi) is 4.71. The minimum absolute atomic E-state index is 0.00309. The number of aromatic nitrogens is 1. The fourth-order valence-electron chi connectivity index (χ4n) is 1.82. The summed E-state index contributed by atoms with van der Waals surface area (Å²) in [6.45, 7) is 2.03. The van der Waals surface area contributed by atoms with Gasteiger partial charge in [0.05, 0.1) is 13.7 Å². The number of carbonyl (C=O) groups excluding carboxylic acids is 1. The molecule has 0 saturated carbocycles. The zero-order valence-corrected chi connectivity index (χ0v) is 11.6. The lowest BCUT2D eigenvalue weighted by Crippen LogP contribution is -2.04. The Hall–Kier alpha value is -2.36. The molecular weight excluding hydrogens is 254 g/mol. The van der Waals surface area contributed by atoms with E-state index in [1.807, 2.05) is 18.2 Å². The molecule has 0 fully saturated rings. The normalized spacial score (nSPS) is 10.1. The first-order valence-corrected chi connectivity index (χ1v) is 6.42. The number of methoxy groups -OCH3 is 1. The maximum absolute atomic E-state index is 11.3. The summed E-state index contributed by atoms with van der Waals surface area (Å²) >= 11 is 0. The van der Waals surface area contributed by atoms with E-state index in [4.69, 9.17) is 9.47 Å². The molecule has 4 nitrogen and oxygen atoms in total. The standard InChI is InChI=1S/C16H17NO3/c1-12(18)13-6-7-15(16(11-13)19-2)20-10-8-14-5-3-4-9-17-14/h3-7,9,11H,8,10H2,1-2H3. The van der Waals surface area contributed by atoms with Crippen molar-refractivity contribution in [3.8, 4) is 11.5 Å². The minimum Gasteiger partial charge on any atom is -0.493 e. The predicted octanol–water partition coefficient (Wildman–Crippen LogP) is 2.91. The van der Waals surface area contributed by atoms with Gasteiger partial charge in [0, 0.05) is 23.9 Å². The zero-order chi connectivity index (χ0) is 14.4. The summed E-state index contributed by atoms with van der Waals surface area (Å²) < 4.78 is 10.9. The van der Waals surface area contributed by atoms with Gasteiger partial charge >= 0.3 is 0 Å². The molecule has 0 aliphatic heterocycles. The lowest BCUT2D eigenvalue weighted by Gasteiger charge is -2.11. The van der Waals surface area contributed by atoms with Crippen molar-refractivity contribution in [3.63, 3.8) is 0 Å². The molecule has 0 saturated heterocycles. The molecule has 1 heterocycles. The van der Waals surface area contributed by atoms with Crippen LogP contribution in [0.5, 0.6) is 11.5 Å². The Morgan fingerprint density at radius 3 is 2.70 bits per heavy atom. The monoisotopic (exact) mass is 271 g/mol. The molecule has 0 unspecified atom stereocenters. The fraction of sp³-hybridized carbons (Fsp3) is 0.250. The Morgan fingerprint density at radius 1 is 1.20 bits per heavy atom. The molecule has 0 aliphatic rings. The van der Waals surface area contributed by atoms with E-state index in [0.717, 1.165) is 12.1 Å². The average molecular weight is 271 g/mol. The molecule has 0 amide bonds. The SMILES string of the molecule is COc1cc(C(C)=O)ccc1OCCc1ccccn1. The summed E-state index contributed by atoms with van der Waals surface area (Å²) in [5.41, 5.74) is 1.59. The number of nitrogens with zero attached hydrogens (tertiary/aromatic N) is 1. The van der Waals surface area contributed by atoms with Gasteiger partial charge in [-0.15, -0.1) is 0 Å². The van der Waals surface area contributed by atoms with Gasteiger partial charge in [-0.05, 0) is 37.3 Å². The van der Waals surface area contributed by atoms with Crippen molar-refractivity contribution in [1.82, 2.24) is 4.98 Å². The molecule has 0 aliphatic carbocycles. The van der Waals surface area contributed by atoms with Crippen molar-refractivity contribution in [2.75, 3.05) is 13.7 Å². The van der Waals surface area contributed by atoms with Gasteiger partial charge in [-0.3, -0.25) is 9.78 Å². The van der Waals surface area contributed by atoms with Crippen LogP contribution in [0.3, 0.4) is 0 Å². The van der Waals surface area contributed by atoms with E-state index in [1.54, 1.807) is 31.5 Å². The number of ketones is 1. The largest absolute Gasteiger partial charge is 0.493 e. The molecule has 20 heavy (non-hydrogen) atoms. The number of carbonyl (C=O) groups is 1. The number of hydrogen-bond donors (Lipinski definition) is 0. The van der Waals surface area contributed by atoms with E-state index in [-0.39, 0.29) is 5.78 Å². The van der Waals surface area contributed by atoms with Crippen molar-refractivity contribution in [1.29, 1.82) is 0 Å². The molecule has 0 bridgehead atoms. The van der Waals surface area contributed by atoms with Gasteiger partial charge in [0.1, 0.15) is 0 Å². The molecule has 2 aromatic rings. The van der Waals surface area contributed by atoms with Gasteiger partial charge in [-0.1, -0.05) is 6.07 Å². The van der Waals surface area contributed by atoms with Gasteiger partial charge in [-0.2, -0.15) is 0 Å². The second-order valence-electron chi connectivity index (χ2n) is 4.34. The van der Waals surface area contributed by atoms with E-state index < -0.39 is 0 Å². The van der Waals surface area contributed by atoms with Crippen LogP contribution in [0.1, 0.15) is 23.0 Å². The first-order valence-electron chi connectivity index (χ1n) is 6.42. The maximum atomic E-state index is 11.3. The van der Waals surface area contributed by atoms with E-state index in [9.17, 15) is 4.79 Å². The van der Waals surface area contributed by atoms with E-state index in [2.05, 4.69) is 4.98 Å². The molecule has 104 valence electrons. The maximum Gasteiger partial charge on any atom is 0.161 e. The van der Waals surface area contributed by atoms with Crippen LogP contribution < -0.4 is 9.47 Å². The van der Waals surface area contributed by atoms with Crippen LogP contribution >= 0.6 is 0 Å². The van der Waals surface area contributed by atoms with Crippen molar-refractivity contribution in [2.45, 2.75) is 13.3 Å². The van der Waals surface area contributed by atoms with Crippen LogP contribution in [0, 0.1) is 0 Å². The van der Waals surface area contributed by atoms with Gasteiger partial charge in [-0.25, -0.2) is 0 Å². The zero-order valence-electron chi connectivity index (χ0n) is 11.6. The van der Waals surface area contributed by atoms with Gasteiger partial charge in [0.2, 0.25) is 0 Å². The van der Waals surface area contributed by atoms with E-state index >= 15 is 0 Å². The molecule has 0 radical (unpaired) electrons. The highest BCUT2D eigenvalue weighted by molar-refractivity contribution is 5.94. The van der Waals surface area contributed by atoms with Crippen molar-refractivity contribution in [2.24, 2.45) is 0 Å². The second kappa shape index (κ2) is 6.70. The van der Waals surface area contributed by atoms with Crippen LogP contribution in [0.2, 0.25) is 0 Å². The highest BCUT2D eigenvalue weighted by Gasteiger charge is 2.08. The molecular formula is C16H17NO3. The third-order valence-corrected chi connectivity index (χ3v) is 2.91. The first-order chi connectivity index (χ1) is 9.70. The third kappa shape index (κ3) is 3.57. The van der Waals surface area contributed by atoms with E-state index in [1.165, 1.54) is 6.92 Å². The lowest BCUT2D eigenvalue weighted by molar-refractivity contribution is 0.101. The summed E-state index contributed by atoms with van der Waals surface area (Å²) in [7, 11) is 1.56. The molecule has 4 heteroatoms. The van der Waals surface area contributed by atoms with Crippen LogP contribution in [0.25, 0.3) is 0 Å². The first kappa shape index (κ1) is 14.1. The summed E-state index contributed by atoms with van der Waals surface area (Å²) in [5, 5.41) is 0. The van der Waals surface area contributed by atoms with Crippen LogP contribution in [-0.4, -0.2) is 24.5 Å². The number of benzene rings is 1. The fourth-order valence-corrected chi connectivity index (χ4v) is 1.82. The van der Waals surface area contributed by atoms with Crippen molar-refractivity contribution in [3.05, 3.63) is 53.9 Å². The van der Waals surface area contributed by atoms with Gasteiger partial charge in [0.25, 0.3) is 0 Å². The Labute approximate surface area is 118 Å². The predicted molar refractivity (Wildman–Crippen MR) is 76.4 cm³/mol. The van der Waals surface area contributed by atoms with Crippen molar-refractivity contribution < 1.29 is 14.3 Å². The number of rotatable bonds is 6. The van der Waals surface area contributed by atoms with E-state index in [0.29, 0.717) is 23.7 Å². The number of ether oxygens (including phenoxy) is 2. The molecule has 2 rings (SSSR count). The highest BCUT2D eigenvalue weighted by Crippen LogP contribution is 2.28. The molecule has 0 spiro atoms. The molecule has 0 atom stereocenters. The minimum atomic E-state index is 0.00309. The highest BCUT2D eigenvalue weighted by atomic mass is 16.5. The number of hydrogen-bond acceptors (Lipinski definition) is 4. The summed E-state index contributed by atoms with van der Waals surface area (Å²) in [4.78, 5) is 15.6. The Bertz CT molecular complexity index is 582. The van der Waals surface area contributed by atoms with Gasteiger partial charge in [0.15, 0.2) is 17.3 Å². The average Bonchev–Trinajstić information content (AvgIpc) is 2.48. The van der Waals surface area contributed by atoms with Crippen LogP contribution in [-0.2, 0) is 6.42 Å². The Morgan fingerprint density at radius 2 is 2.05 bits per heavy atom. The van der Waals surface area contributed by atoms with Crippen molar-refractivity contribution >= 4 is 5.78 Å².